The Morgan fingerprint density at radius 3 is 2.71 bits per heavy atom. The van der Waals surface area contributed by atoms with E-state index in [9.17, 15) is 4.79 Å². The maximum Gasteiger partial charge on any atom is 0.249 e. The fourth-order valence-corrected chi connectivity index (χ4v) is 3.73. The van der Waals surface area contributed by atoms with Gasteiger partial charge in [0, 0.05) is 18.5 Å². The number of hydrogen-bond acceptors (Lipinski definition) is 2. The minimum absolute atomic E-state index is 0.102. The lowest BCUT2D eigenvalue weighted by atomic mass is 9.98. The van der Waals surface area contributed by atoms with Crippen LogP contribution in [0.2, 0.25) is 0 Å². The van der Waals surface area contributed by atoms with Crippen molar-refractivity contribution in [2.24, 2.45) is 11.8 Å². The summed E-state index contributed by atoms with van der Waals surface area (Å²) in [5, 5.41) is 4.14. The zero-order valence-electron chi connectivity index (χ0n) is 10.3. The first-order valence-corrected chi connectivity index (χ1v) is 7.88. The van der Waals surface area contributed by atoms with E-state index < -0.39 is 0 Å². The summed E-state index contributed by atoms with van der Waals surface area (Å²) in [4.78, 5) is 11.9. The predicted octanol–water partition coefficient (Wildman–Crippen LogP) is 2.48. The van der Waals surface area contributed by atoms with Gasteiger partial charge in [-0.15, -0.1) is 0 Å². The van der Waals surface area contributed by atoms with Crippen LogP contribution in [0.4, 0.5) is 0 Å². The van der Waals surface area contributed by atoms with Crippen molar-refractivity contribution in [2.45, 2.75) is 44.6 Å². The van der Waals surface area contributed by atoms with Crippen molar-refractivity contribution < 1.29 is 9.53 Å². The predicted molar refractivity (Wildman–Crippen MR) is 71.2 cm³/mol. The molecule has 17 heavy (non-hydrogen) atoms. The highest BCUT2D eigenvalue weighted by Crippen LogP contribution is 2.32. The Bertz CT molecular complexity index is 254. The molecule has 0 radical (unpaired) electrons. The number of carbonyl (C=O) groups excluding carboxylic acids is 1. The molecule has 2 rings (SSSR count). The molecule has 1 aliphatic carbocycles. The Hall–Kier alpha value is -0.0900. The van der Waals surface area contributed by atoms with Crippen LogP contribution in [0.1, 0.15) is 38.5 Å². The van der Waals surface area contributed by atoms with Gasteiger partial charge in [0.1, 0.15) is 6.10 Å². The van der Waals surface area contributed by atoms with Crippen molar-refractivity contribution in [3.8, 4) is 0 Å². The van der Waals surface area contributed by atoms with Gasteiger partial charge in [-0.05, 0) is 43.9 Å². The molecule has 98 valence electrons. The van der Waals surface area contributed by atoms with Crippen LogP contribution in [0.15, 0.2) is 0 Å². The molecule has 2 aliphatic rings. The molecule has 3 nitrogen and oxygen atoms in total. The average Bonchev–Trinajstić information content (AvgIpc) is 2.84. The zero-order chi connectivity index (χ0) is 12.1. The molecular formula is C13H22BrNO2. The van der Waals surface area contributed by atoms with Gasteiger partial charge in [0.25, 0.3) is 0 Å². The second kappa shape index (κ2) is 6.74. The van der Waals surface area contributed by atoms with Crippen LogP contribution in [-0.2, 0) is 9.53 Å². The van der Waals surface area contributed by atoms with Gasteiger partial charge in [-0.25, -0.2) is 0 Å². The first-order valence-electron chi connectivity index (χ1n) is 6.76. The van der Waals surface area contributed by atoms with Crippen molar-refractivity contribution in [2.75, 3.05) is 18.5 Å². The SMILES string of the molecule is O=C(NCC1CCCC1CBr)C1CCCCO1. The summed E-state index contributed by atoms with van der Waals surface area (Å²) in [5.41, 5.74) is 0. The standard InChI is InChI=1S/C13H22BrNO2/c14-8-10-4-3-5-11(10)9-15-13(16)12-6-1-2-7-17-12/h10-12H,1-9H2,(H,15,16). The van der Waals surface area contributed by atoms with Gasteiger partial charge in [-0.3, -0.25) is 4.79 Å². The van der Waals surface area contributed by atoms with Crippen molar-refractivity contribution >= 4 is 21.8 Å². The molecule has 3 unspecified atom stereocenters. The van der Waals surface area contributed by atoms with E-state index in [1.807, 2.05) is 0 Å². The quantitative estimate of drug-likeness (QED) is 0.810. The third kappa shape index (κ3) is 3.68. The van der Waals surface area contributed by atoms with Crippen LogP contribution in [0.5, 0.6) is 0 Å². The molecule has 1 saturated carbocycles. The smallest absolute Gasteiger partial charge is 0.249 e. The Morgan fingerprint density at radius 1 is 1.18 bits per heavy atom. The minimum atomic E-state index is -0.187. The Labute approximate surface area is 112 Å². The number of amides is 1. The second-order valence-electron chi connectivity index (χ2n) is 5.21. The number of halogens is 1. The van der Waals surface area contributed by atoms with Crippen molar-refractivity contribution in [3.63, 3.8) is 0 Å². The summed E-state index contributed by atoms with van der Waals surface area (Å²) in [6.07, 6.45) is 6.76. The highest BCUT2D eigenvalue weighted by Gasteiger charge is 2.28. The normalized spacial score (nSPS) is 33.6. The molecule has 2 fully saturated rings. The van der Waals surface area contributed by atoms with Crippen LogP contribution in [0, 0.1) is 11.8 Å². The van der Waals surface area contributed by atoms with Crippen LogP contribution in [-0.4, -0.2) is 30.5 Å². The summed E-state index contributed by atoms with van der Waals surface area (Å²) in [5.74, 6) is 1.49. The van der Waals surface area contributed by atoms with Gasteiger partial charge in [0.2, 0.25) is 5.91 Å². The van der Waals surface area contributed by atoms with Gasteiger partial charge in [-0.1, -0.05) is 22.4 Å². The van der Waals surface area contributed by atoms with Crippen molar-refractivity contribution in [1.82, 2.24) is 5.32 Å². The first kappa shape index (κ1) is 13.3. The summed E-state index contributed by atoms with van der Waals surface area (Å²) >= 11 is 3.56. The molecule has 0 aromatic carbocycles. The lowest BCUT2D eigenvalue weighted by Crippen LogP contribution is -2.41. The highest BCUT2D eigenvalue weighted by atomic mass is 79.9. The van der Waals surface area contributed by atoms with Crippen LogP contribution >= 0.6 is 15.9 Å². The fraction of sp³-hybridized carbons (Fsp3) is 0.923. The number of carbonyl (C=O) groups is 1. The van der Waals surface area contributed by atoms with E-state index >= 15 is 0 Å². The maximum absolute atomic E-state index is 11.9. The lowest BCUT2D eigenvalue weighted by molar-refractivity contribution is -0.135. The molecule has 0 spiro atoms. The molecule has 4 heteroatoms. The molecule has 0 bridgehead atoms. The van der Waals surface area contributed by atoms with Gasteiger partial charge >= 0.3 is 0 Å². The minimum Gasteiger partial charge on any atom is -0.368 e. The summed E-state index contributed by atoms with van der Waals surface area (Å²) < 4.78 is 5.49. The number of rotatable bonds is 4. The Balaban J connectivity index is 1.71. The van der Waals surface area contributed by atoms with Gasteiger partial charge in [0.05, 0.1) is 0 Å². The second-order valence-corrected chi connectivity index (χ2v) is 5.85. The summed E-state index contributed by atoms with van der Waals surface area (Å²) in [6.45, 7) is 1.57. The topological polar surface area (TPSA) is 38.3 Å². The maximum atomic E-state index is 11.9. The van der Waals surface area contributed by atoms with E-state index in [4.69, 9.17) is 4.74 Å². The monoisotopic (exact) mass is 303 g/mol. The molecular weight excluding hydrogens is 282 g/mol. The zero-order valence-corrected chi connectivity index (χ0v) is 11.9. The van der Waals surface area contributed by atoms with Crippen LogP contribution in [0.25, 0.3) is 0 Å². The molecule has 1 amide bonds. The van der Waals surface area contributed by atoms with Crippen molar-refractivity contribution in [3.05, 3.63) is 0 Å². The largest absolute Gasteiger partial charge is 0.368 e. The van der Waals surface area contributed by atoms with E-state index in [1.54, 1.807) is 0 Å². The van der Waals surface area contributed by atoms with Crippen LogP contribution in [0.3, 0.4) is 0 Å². The van der Waals surface area contributed by atoms with E-state index in [0.29, 0.717) is 5.92 Å². The Morgan fingerprint density at radius 2 is 2.00 bits per heavy atom. The first-order chi connectivity index (χ1) is 8.31. The van der Waals surface area contributed by atoms with E-state index in [2.05, 4.69) is 21.2 Å². The van der Waals surface area contributed by atoms with Gasteiger partial charge < -0.3 is 10.1 Å². The molecule has 1 heterocycles. The molecule has 0 aromatic rings. The van der Waals surface area contributed by atoms with E-state index in [1.165, 1.54) is 19.3 Å². The van der Waals surface area contributed by atoms with Gasteiger partial charge in [-0.2, -0.15) is 0 Å². The number of alkyl halides is 1. The summed E-state index contributed by atoms with van der Waals surface area (Å²) in [6, 6.07) is 0. The molecule has 1 saturated heterocycles. The number of nitrogens with one attached hydrogen (secondary N) is 1. The lowest BCUT2D eigenvalue weighted by Gasteiger charge is -2.23. The third-order valence-corrected chi connectivity index (χ3v) is 4.86. The van der Waals surface area contributed by atoms with E-state index in [0.717, 1.165) is 43.7 Å². The summed E-state index contributed by atoms with van der Waals surface area (Å²) in [7, 11) is 0. The third-order valence-electron chi connectivity index (χ3n) is 4.03. The Kier molecular flexibility index (Phi) is 5.29. The molecule has 1 aliphatic heterocycles. The highest BCUT2D eigenvalue weighted by molar-refractivity contribution is 9.09. The number of hydrogen-bond donors (Lipinski definition) is 1. The molecule has 0 aromatic heterocycles. The molecule has 3 atom stereocenters. The van der Waals surface area contributed by atoms with Crippen molar-refractivity contribution in [1.29, 1.82) is 0 Å². The van der Waals surface area contributed by atoms with Gasteiger partial charge in [0.15, 0.2) is 0 Å². The van der Waals surface area contributed by atoms with E-state index in [-0.39, 0.29) is 12.0 Å². The average molecular weight is 304 g/mol. The fourth-order valence-electron chi connectivity index (χ4n) is 2.88. The number of ether oxygens (including phenoxy) is 1. The van der Waals surface area contributed by atoms with Crippen LogP contribution < -0.4 is 5.32 Å². The molecule has 1 N–H and O–H groups in total.